The largest absolute Gasteiger partial charge is 0.379 e. The van der Waals surface area contributed by atoms with E-state index in [1.54, 1.807) is 17.5 Å². The summed E-state index contributed by atoms with van der Waals surface area (Å²) in [6.07, 6.45) is 3.68. The summed E-state index contributed by atoms with van der Waals surface area (Å²) in [5, 5.41) is 12.6. The van der Waals surface area contributed by atoms with Gasteiger partial charge in [0.05, 0.1) is 11.4 Å². The van der Waals surface area contributed by atoms with Crippen LogP contribution in [0.2, 0.25) is 5.02 Å². The molecule has 0 aliphatic carbocycles. The summed E-state index contributed by atoms with van der Waals surface area (Å²) in [7, 11) is 0. The monoisotopic (exact) mass is 289 g/mol. The van der Waals surface area contributed by atoms with E-state index < -0.39 is 0 Å². The van der Waals surface area contributed by atoms with Crippen molar-refractivity contribution in [2.24, 2.45) is 0 Å². The van der Waals surface area contributed by atoms with Crippen molar-refractivity contribution < 1.29 is 0 Å². The molecule has 0 atom stereocenters. The summed E-state index contributed by atoms with van der Waals surface area (Å²) in [4.78, 5) is 0. The molecule has 3 rings (SSSR count). The van der Waals surface area contributed by atoms with Crippen molar-refractivity contribution >= 4 is 28.6 Å². The predicted molar refractivity (Wildman–Crippen MR) is 80.2 cm³/mol. The normalized spacial score (nSPS) is 10.6. The lowest BCUT2D eigenvalue weighted by Crippen LogP contribution is -2.04. The second kappa shape index (κ2) is 5.47. The highest BCUT2D eigenvalue weighted by Gasteiger charge is 2.06. The third-order valence-electron chi connectivity index (χ3n) is 2.77. The molecule has 3 aromatic rings. The standard InChI is InChI=1S/C14H12ClN3S/c15-12-2-3-14(18-6-1-5-17-18)13(8-12)16-9-11-4-7-19-10-11/h1-8,10,16H,9H2. The molecule has 0 radical (unpaired) electrons. The third-order valence-corrected chi connectivity index (χ3v) is 3.74. The summed E-state index contributed by atoms with van der Waals surface area (Å²) in [6, 6.07) is 9.76. The summed E-state index contributed by atoms with van der Waals surface area (Å²) in [6.45, 7) is 0.776. The lowest BCUT2D eigenvalue weighted by atomic mass is 10.2. The number of hydrogen-bond donors (Lipinski definition) is 1. The lowest BCUT2D eigenvalue weighted by Gasteiger charge is -2.12. The van der Waals surface area contributed by atoms with Crippen LogP contribution < -0.4 is 5.32 Å². The molecular weight excluding hydrogens is 278 g/mol. The Balaban J connectivity index is 1.88. The summed E-state index contributed by atoms with van der Waals surface area (Å²) < 4.78 is 1.83. The molecule has 0 aliphatic heterocycles. The van der Waals surface area contributed by atoms with Crippen molar-refractivity contribution in [1.82, 2.24) is 9.78 Å². The maximum atomic E-state index is 6.07. The molecule has 96 valence electrons. The number of nitrogens with zero attached hydrogens (tertiary/aromatic N) is 2. The van der Waals surface area contributed by atoms with Gasteiger partial charge < -0.3 is 5.32 Å². The van der Waals surface area contributed by atoms with Crippen molar-refractivity contribution in [2.45, 2.75) is 6.54 Å². The molecule has 0 aliphatic rings. The maximum Gasteiger partial charge on any atom is 0.0877 e. The van der Waals surface area contributed by atoms with Gasteiger partial charge in [-0.2, -0.15) is 16.4 Å². The smallest absolute Gasteiger partial charge is 0.0877 e. The minimum Gasteiger partial charge on any atom is -0.379 e. The van der Waals surface area contributed by atoms with Crippen LogP contribution in [0.1, 0.15) is 5.56 Å². The number of aromatic nitrogens is 2. The Morgan fingerprint density at radius 1 is 1.32 bits per heavy atom. The summed E-state index contributed by atoms with van der Waals surface area (Å²) in [5.74, 6) is 0. The van der Waals surface area contributed by atoms with Gasteiger partial charge in [-0.25, -0.2) is 4.68 Å². The van der Waals surface area contributed by atoms with Crippen LogP contribution in [-0.2, 0) is 6.54 Å². The fourth-order valence-corrected chi connectivity index (χ4v) is 2.69. The molecular formula is C14H12ClN3S. The number of anilines is 1. The first-order valence-corrected chi connectivity index (χ1v) is 7.19. The van der Waals surface area contributed by atoms with Crippen LogP contribution in [0.25, 0.3) is 5.69 Å². The van der Waals surface area contributed by atoms with E-state index in [1.807, 2.05) is 35.1 Å². The van der Waals surface area contributed by atoms with Crippen molar-refractivity contribution in [2.75, 3.05) is 5.32 Å². The molecule has 0 saturated carbocycles. The van der Waals surface area contributed by atoms with Crippen LogP contribution in [-0.4, -0.2) is 9.78 Å². The Hall–Kier alpha value is -1.78. The number of nitrogens with one attached hydrogen (secondary N) is 1. The number of hydrogen-bond acceptors (Lipinski definition) is 3. The Bertz CT molecular complexity index is 647. The minimum absolute atomic E-state index is 0.712. The van der Waals surface area contributed by atoms with E-state index in [4.69, 9.17) is 11.6 Å². The van der Waals surface area contributed by atoms with Crippen LogP contribution in [0, 0.1) is 0 Å². The molecule has 0 spiro atoms. The number of benzene rings is 1. The van der Waals surface area contributed by atoms with E-state index >= 15 is 0 Å². The molecule has 0 bridgehead atoms. The highest BCUT2D eigenvalue weighted by atomic mass is 35.5. The molecule has 1 aromatic carbocycles. The van der Waals surface area contributed by atoms with Gasteiger partial charge in [-0.15, -0.1) is 0 Å². The minimum atomic E-state index is 0.712. The average Bonchev–Trinajstić information content (AvgIpc) is 3.10. The van der Waals surface area contributed by atoms with Gasteiger partial charge in [0, 0.05) is 24.0 Å². The van der Waals surface area contributed by atoms with Gasteiger partial charge in [-0.1, -0.05) is 11.6 Å². The Kier molecular flexibility index (Phi) is 3.53. The summed E-state index contributed by atoms with van der Waals surface area (Å²) >= 11 is 7.77. The van der Waals surface area contributed by atoms with Crippen LogP contribution in [0.4, 0.5) is 5.69 Å². The van der Waals surface area contributed by atoms with E-state index in [-0.39, 0.29) is 0 Å². The third kappa shape index (κ3) is 2.80. The Morgan fingerprint density at radius 2 is 2.26 bits per heavy atom. The van der Waals surface area contributed by atoms with E-state index in [9.17, 15) is 0 Å². The second-order valence-electron chi connectivity index (χ2n) is 4.10. The zero-order valence-corrected chi connectivity index (χ0v) is 11.7. The quantitative estimate of drug-likeness (QED) is 0.780. The zero-order valence-electron chi connectivity index (χ0n) is 10.1. The van der Waals surface area contributed by atoms with Gasteiger partial charge in [0.25, 0.3) is 0 Å². The predicted octanol–water partition coefficient (Wildman–Crippen LogP) is 4.20. The topological polar surface area (TPSA) is 29.9 Å². The van der Waals surface area contributed by atoms with Crippen molar-refractivity contribution in [3.63, 3.8) is 0 Å². The first-order valence-electron chi connectivity index (χ1n) is 5.87. The van der Waals surface area contributed by atoms with Gasteiger partial charge in [-0.05, 0) is 46.7 Å². The molecule has 1 N–H and O–H groups in total. The van der Waals surface area contributed by atoms with E-state index in [0.717, 1.165) is 17.9 Å². The van der Waals surface area contributed by atoms with Gasteiger partial charge in [0.15, 0.2) is 0 Å². The molecule has 3 nitrogen and oxygen atoms in total. The first kappa shape index (κ1) is 12.3. The van der Waals surface area contributed by atoms with Crippen molar-refractivity contribution in [3.05, 3.63) is 64.1 Å². The molecule has 0 amide bonds. The fraction of sp³-hybridized carbons (Fsp3) is 0.0714. The van der Waals surface area contributed by atoms with Crippen LogP contribution in [0.15, 0.2) is 53.5 Å². The average molecular weight is 290 g/mol. The highest BCUT2D eigenvalue weighted by Crippen LogP contribution is 2.24. The molecule has 5 heteroatoms. The van der Waals surface area contributed by atoms with Crippen LogP contribution >= 0.6 is 22.9 Å². The fourth-order valence-electron chi connectivity index (χ4n) is 1.85. The van der Waals surface area contributed by atoms with Gasteiger partial charge in [0.1, 0.15) is 0 Å². The number of thiophene rings is 1. The van der Waals surface area contributed by atoms with Crippen LogP contribution in [0.3, 0.4) is 0 Å². The molecule has 19 heavy (non-hydrogen) atoms. The van der Waals surface area contributed by atoms with Gasteiger partial charge in [-0.3, -0.25) is 0 Å². The van der Waals surface area contributed by atoms with Crippen LogP contribution in [0.5, 0.6) is 0 Å². The second-order valence-corrected chi connectivity index (χ2v) is 5.31. The molecule has 0 unspecified atom stereocenters. The molecule has 0 saturated heterocycles. The van der Waals surface area contributed by atoms with Crippen molar-refractivity contribution in [1.29, 1.82) is 0 Å². The van der Waals surface area contributed by atoms with E-state index in [2.05, 4.69) is 27.2 Å². The SMILES string of the molecule is Clc1ccc(-n2cccn2)c(NCc2ccsc2)c1. The number of rotatable bonds is 4. The van der Waals surface area contributed by atoms with Crippen molar-refractivity contribution in [3.8, 4) is 5.69 Å². The zero-order chi connectivity index (χ0) is 13.1. The van der Waals surface area contributed by atoms with E-state index in [1.165, 1.54) is 5.56 Å². The molecule has 0 fully saturated rings. The highest BCUT2D eigenvalue weighted by molar-refractivity contribution is 7.07. The molecule has 2 heterocycles. The number of halogens is 1. The lowest BCUT2D eigenvalue weighted by molar-refractivity contribution is 0.879. The Labute approximate surface area is 120 Å². The summed E-state index contributed by atoms with van der Waals surface area (Å²) in [5.41, 5.74) is 3.23. The Morgan fingerprint density at radius 3 is 3.00 bits per heavy atom. The maximum absolute atomic E-state index is 6.07. The van der Waals surface area contributed by atoms with E-state index in [0.29, 0.717) is 5.02 Å². The van der Waals surface area contributed by atoms with Gasteiger partial charge in [0.2, 0.25) is 0 Å². The van der Waals surface area contributed by atoms with Gasteiger partial charge >= 0.3 is 0 Å². The first-order chi connectivity index (χ1) is 9.33. The molecule has 2 aromatic heterocycles.